The first-order chi connectivity index (χ1) is 7.48. The maximum atomic E-state index is 3.12. The summed E-state index contributed by atoms with van der Waals surface area (Å²) in [6, 6.07) is 0. The summed E-state index contributed by atoms with van der Waals surface area (Å²) in [6.07, 6.45) is 2.53. The molecule has 2 nitrogen and oxygen atoms in total. The van der Waals surface area contributed by atoms with Crippen LogP contribution in [0.2, 0.25) is 0 Å². The van der Waals surface area contributed by atoms with Gasteiger partial charge in [-0.05, 0) is 57.9 Å². The third-order valence-electron chi connectivity index (χ3n) is 2.43. The van der Waals surface area contributed by atoms with Gasteiger partial charge in [-0.3, -0.25) is 0 Å². The highest BCUT2D eigenvalue weighted by molar-refractivity contribution is 4.62. The molecular formula is C15H36N2. The van der Waals surface area contributed by atoms with Gasteiger partial charge in [-0.2, -0.15) is 0 Å². The van der Waals surface area contributed by atoms with Crippen LogP contribution >= 0.6 is 0 Å². The Kier molecular flexibility index (Phi) is 10.1. The third kappa shape index (κ3) is 25.9. The van der Waals surface area contributed by atoms with Crippen molar-refractivity contribution in [3.63, 3.8) is 0 Å². The van der Waals surface area contributed by atoms with Crippen LogP contribution in [0.25, 0.3) is 0 Å². The Morgan fingerprint density at radius 2 is 1.24 bits per heavy atom. The van der Waals surface area contributed by atoms with Crippen molar-refractivity contribution < 1.29 is 0 Å². The fourth-order valence-corrected chi connectivity index (χ4v) is 1.06. The topological polar surface area (TPSA) is 15.3 Å². The molecule has 0 aliphatic heterocycles. The van der Waals surface area contributed by atoms with E-state index in [0.29, 0.717) is 10.8 Å². The smallest absolute Gasteiger partial charge is 0.00198 e. The number of nitrogens with one attached hydrogen (secondary N) is 1. The van der Waals surface area contributed by atoms with Crippen molar-refractivity contribution in [1.29, 1.82) is 0 Å². The van der Waals surface area contributed by atoms with E-state index in [-0.39, 0.29) is 0 Å². The summed E-state index contributed by atoms with van der Waals surface area (Å²) in [5, 5.41) is 3.12. The van der Waals surface area contributed by atoms with E-state index in [9.17, 15) is 0 Å². The number of nitrogens with zero attached hydrogens (tertiary/aromatic N) is 1. The Morgan fingerprint density at radius 3 is 1.35 bits per heavy atom. The molecule has 0 aromatic heterocycles. The second kappa shape index (κ2) is 8.93. The summed E-state index contributed by atoms with van der Waals surface area (Å²) in [7, 11) is 6.23. The zero-order valence-corrected chi connectivity index (χ0v) is 13.8. The van der Waals surface area contributed by atoms with Crippen LogP contribution in [-0.4, -0.2) is 39.1 Å². The lowest BCUT2D eigenvalue weighted by Crippen LogP contribution is -2.19. The molecule has 0 spiro atoms. The number of hydrogen-bond acceptors (Lipinski definition) is 2. The molecule has 0 radical (unpaired) electrons. The maximum Gasteiger partial charge on any atom is -0.00198 e. The van der Waals surface area contributed by atoms with Crippen LogP contribution in [0.4, 0.5) is 0 Å². The average molecular weight is 244 g/mol. The van der Waals surface area contributed by atoms with E-state index >= 15 is 0 Å². The molecule has 0 unspecified atom stereocenters. The van der Waals surface area contributed by atoms with E-state index < -0.39 is 0 Å². The molecule has 0 saturated heterocycles. The van der Waals surface area contributed by atoms with Gasteiger partial charge in [-0.25, -0.2) is 0 Å². The fraction of sp³-hybridized carbons (Fsp3) is 1.00. The quantitative estimate of drug-likeness (QED) is 0.812. The van der Waals surface area contributed by atoms with Crippen LogP contribution < -0.4 is 5.32 Å². The molecule has 0 amide bonds. The van der Waals surface area contributed by atoms with Crippen molar-refractivity contribution in [3.05, 3.63) is 0 Å². The predicted octanol–water partition coefficient (Wildman–Crippen LogP) is 3.63. The van der Waals surface area contributed by atoms with Crippen molar-refractivity contribution in [2.45, 2.75) is 54.4 Å². The van der Waals surface area contributed by atoms with E-state index in [2.05, 4.69) is 65.9 Å². The Hall–Kier alpha value is -0.0800. The highest BCUT2D eigenvalue weighted by Crippen LogP contribution is 2.17. The maximum absolute atomic E-state index is 3.12. The van der Waals surface area contributed by atoms with Gasteiger partial charge in [-0.15, -0.1) is 0 Å². The fourth-order valence-electron chi connectivity index (χ4n) is 1.06. The van der Waals surface area contributed by atoms with Crippen LogP contribution in [0.5, 0.6) is 0 Å². The standard InChI is InChI=1S/C8H19N.C7H17N/c1-8(2,3)6-7-9(4)5;1-7(2,3)5-6-8-4/h6-7H2,1-5H3;8H,5-6H2,1-4H3. The Labute approximate surface area is 110 Å². The van der Waals surface area contributed by atoms with E-state index in [1.807, 2.05) is 7.05 Å². The third-order valence-corrected chi connectivity index (χ3v) is 2.43. The molecule has 106 valence electrons. The minimum absolute atomic E-state index is 0.489. The zero-order chi connectivity index (χ0) is 14.1. The van der Waals surface area contributed by atoms with Crippen LogP contribution in [-0.2, 0) is 0 Å². The Morgan fingerprint density at radius 1 is 0.824 bits per heavy atom. The van der Waals surface area contributed by atoms with Gasteiger partial charge in [0, 0.05) is 0 Å². The van der Waals surface area contributed by atoms with Crippen molar-refractivity contribution in [3.8, 4) is 0 Å². The minimum atomic E-state index is 0.489. The lowest BCUT2D eigenvalue weighted by Gasteiger charge is -2.20. The summed E-state index contributed by atoms with van der Waals surface area (Å²) in [5.41, 5.74) is 0.979. The summed E-state index contributed by atoms with van der Waals surface area (Å²) < 4.78 is 0. The first kappa shape index (κ1) is 19.3. The van der Waals surface area contributed by atoms with Crippen LogP contribution in [0.15, 0.2) is 0 Å². The molecule has 0 saturated carbocycles. The SMILES string of the molecule is CN(C)CCC(C)(C)C.CNCCC(C)(C)C. The lowest BCUT2D eigenvalue weighted by molar-refractivity contribution is 0.297. The Balaban J connectivity index is 0. The molecule has 17 heavy (non-hydrogen) atoms. The molecule has 0 rings (SSSR count). The van der Waals surface area contributed by atoms with Crippen molar-refractivity contribution in [1.82, 2.24) is 10.2 Å². The lowest BCUT2D eigenvalue weighted by atomic mass is 9.92. The molecule has 0 heterocycles. The van der Waals surface area contributed by atoms with Gasteiger partial charge in [0.25, 0.3) is 0 Å². The summed E-state index contributed by atoms with van der Waals surface area (Å²) in [6.45, 7) is 15.9. The van der Waals surface area contributed by atoms with Gasteiger partial charge in [-0.1, -0.05) is 41.5 Å². The minimum Gasteiger partial charge on any atom is -0.320 e. The summed E-state index contributed by atoms with van der Waals surface area (Å²) in [5.74, 6) is 0. The van der Waals surface area contributed by atoms with Crippen LogP contribution in [0.1, 0.15) is 54.4 Å². The van der Waals surface area contributed by atoms with Crippen LogP contribution in [0.3, 0.4) is 0 Å². The van der Waals surface area contributed by atoms with Gasteiger partial charge in [0.05, 0.1) is 0 Å². The summed E-state index contributed by atoms with van der Waals surface area (Å²) >= 11 is 0. The van der Waals surface area contributed by atoms with Gasteiger partial charge in [0.15, 0.2) is 0 Å². The van der Waals surface area contributed by atoms with Gasteiger partial charge >= 0.3 is 0 Å². The van der Waals surface area contributed by atoms with E-state index in [4.69, 9.17) is 0 Å². The van der Waals surface area contributed by atoms with Crippen molar-refractivity contribution >= 4 is 0 Å². The molecule has 0 aliphatic carbocycles. The highest BCUT2D eigenvalue weighted by Gasteiger charge is 2.09. The molecular weight excluding hydrogens is 208 g/mol. The number of rotatable bonds is 4. The molecule has 0 aromatic carbocycles. The molecule has 0 aromatic rings. The average Bonchev–Trinajstić information content (AvgIpc) is 2.10. The van der Waals surface area contributed by atoms with Gasteiger partial charge in [0.2, 0.25) is 0 Å². The first-order valence-corrected chi connectivity index (χ1v) is 6.77. The molecule has 0 atom stereocenters. The largest absolute Gasteiger partial charge is 0.320 e. The first-order valence-electron chi connectivity index (χ1n) is 6.77. The van der Waals surface area contributed by atoms with E-state index in [1.54, 1.807) is 0 Å². The van der Waals surface area contributed by atoms with Gasteiger partial charge < -0.3 is 10.2 Å². The van der Waals surface area contributed by atoms with Gasteiger partial charge in [0.1, 0.15) is 0 Å². The Bertz CT molecular complexity index is 161. The van der Waals surface area contributed by atoms with Crippen molar-refractivity contribution in [2.24, 2.45) is 10.8 Å². The molecule has 0 bridgehead atoms. The van der Waals surface area contributed by atoms with E-state index in [1.165, 1.54) is 19.4 Å². The summed E-state index contributed by atoms with van der Waals surface area (Å²) in [4.78, 5) is 2.23. The predicted molar refractivity (Wildman–Crippen MR) is 80.6 cm³/mol. The van der Waals surface area contributed by atoms with Crippen LogP contribution in [0, 0.1) is 10.8 Å². The van der Waals surface area contributed by atoms with Crippen molar-refractivity contribution in [2.75, 3.05) is 34.2 Å². The number of hydrogen-bond donors (Lipinski definition) is 1. The highest BCUT2D eigenvalue weighted by atomic mass is 15.0. The zero-order valence-electron chi connectivity index (χ0n) is 13.8. The van der Waals surface area contributed by atoms with E-state index in [0.717, 1.165) is 6.54 Å². The normalized spacial score (nSPS) is 12.4. The molecule has 0 aliphatic rings. The molecule has 2 heteroatoms. The second-order valence-corrected chi connectivity index (χ2v) is 7.53. The molecule has 1 N–H and O–H groups in total. The second-order valence-electron chi connectivity index (χ2n) is 7.53. The molecule has 0 fully saturated rings. The monoisotopic (exact) mass is 244 g/mol.